The second kappa shape index (κ2) is 8.73. The number of nitrogens with one attached hydrogen (secondary N) is 1. The first-order chi connectivity index (χ1) is 13.0. The van der Waals surface area contributed by atoms with Crippen LogP contribution in [0.15, 0.2) is 29.1 Å². The van der Waals surface area contributed by atoms with Crippen molar-refractivity contribution >= 4 is 33.3 Å². The molecule has 0 spiro atoms. The van der Waals surface area contributed by atoms with Gasteiger partial charge in [0.1, 0.15) is 10.7 Å². The maximum Gasteiger partial charge on any atom is 0.259 e. The van der Waals surface area contributed by atoms with Gasteiger partial charge >= 0.3 is 0 Å². The summed E-state index contributed by atoms with van der Waals surface area (Å²) in [6.07, 6.45) is 2.03. The summed E-state index contributed by atoms with van der Waals surface area (Å²) in [6, 6.07) is 9.72. The van der Waals surface area contributed by atoms with E-state index in [2.05, 4.69) is 31.8 Å². The number of hydrogen-bond donors (Lipinski definition) is 1. The van der Waals surface area contributed by atoms with Gasteiger partial charge in [-0.2, -0.15) is 5.26 Å². The fourth-order valence-corrected chi connectivity index (χ4v) is 4.90. The van der Waals surface area contributed by atoms with Gasteiger partial charge in [-0.05, 0) is 42.5 Å². The van der Waals surface area contributed by atoms with Gasteiger partial charge in [-0.25, -0.2) is 4.98 Å². The molecule has 0 bridgehead atoms. The molecule has 0 aliphatic carbocycles. The summed E-state index contributed by atoms with van der Waals surface area (Å²) in [4.78, 5) is 22.4. The van der Waals surface area contributed by atoms with E-state index < -0.39 is 0 Å². The molecule has 0 aliphatic rings. The SMILES string of the molecule is CC[C@H](C)Cc1c(C)sc2nc(CSCc3ccc(C#N)cc3)[nH]c(=O)c12. The van der Waals surface area contributed by atoms with Crippen LogP contribution in [-0.4, -0.2) is 9.97 Å². The maximum atomic E-state index is 12.7. The van der Waals surface area contributed by atoms with Crippen molar-refractivity contribution in [2.24, 2.45) is 5.92 Å². The summed E-state index contributed by atoms with van der Waals surface area (Å²) in [5, 5.41) is 9.63. The lowest BCUT2D eigenvalue weighted by Gasteiger charge is -2.08. The molecular formula is C21H23N3OS2. The minimum absolute atomic E-state index is 0.0170. The molecule has 0 saturated carbocycles. The van der Waals surface area contributed by atoms with Gasteiger partial charge in [0.25, 0.3) is 5.56 Å². The van der Waals surface area contributed by atoms with Crippen LogP contribution in [0.25, 0.3) is 10.2 Å². The zero-order chi connectivity index (χ0) is 19.4. The Balaban J connectivity index is 1.74. The topological polar surface area (TPSA) is 69.5 Å². The van der Waals surface area contributed by atoms with Crippen LogP contribution >= 0.6 is 23.1 Å². The molecule has 0 unspecified atom stereocenters. The quantitative estimate of drug-likeness (QED) is 0.596. The smallest absolute Gasteiger partial charge is 0.259 e. The Morgan fingerprint density at radius 3 is 2.70 bits per heavy atom. The van der Waals surface area contributed by atoms with Crippen LogP contribution in [0.5, 0.6) is 0 Å². The van der Waals surface area contributed by atoms with E-state index in [-0.39, 0.29) is 5.56 Å². The zero-order valence-corrected chi connectivity index (χ0v) is 17.5. The third-order valence-electron chi connectivity index (χ3n) is 4.75. The lowest BCUT2D eigenvalue weighted by molar-refractivity contribution is 0.561. The molecule has 0 radical (unpaired) electrons. The molecule has 1 N–H and O–H groups in total. The second-order valence-corrected chi connectivity index (χ2v) is 9.04. The van der Waals surface area contributed by atoms with Crippen LogP contribution in [0, 0.1) is 24.2 Å². The molecule has 140 valence electrons. The third kappa shape index (κ3) is 4.60. The predicted octanol–water partition coefficient (Wildman–Crippen LogP) is 5.19. The number of aryl methyl sites for hydroxylation is 1. The highest BCUT2D eigenvalue weighted by Gasteiger charge is 2.16. The first-order valence-corrected chi connectivity index (χ1v) is 11.1. The van der Waals surface area contributed by atoms with E-state index in [0.29, 0.717) is 17.2 Å². The summed E-state index contributed by atoms with van der Waals surface area (Å²) in [6.45, 7) is 6.49. The Labute approximate surface area is 167 Å². The summed E-state index contributed by atoms with van der Waals surface area (Å²) in [5.41, 5.74) is 2.97. The van der Waals surface area contributed by atoms with Crippen molar-refractivity contribution in [1.29, 1.82) is 5.26 Å². The fourth-order valence-electron chi connectivity index (χ4n) is 2.97. The van der Waals surface area contributed by atoms with Crippen molar-refractivity contribution in [3.63, 3.8) is 0 Å². The molecule has 0 amide bonds. The molecule has 1 aromatic carbocycles. The number of H-pyrrole nitrogens is 1. The lowest BCUT2D eigenvalue weighted by Crippen LogP contribution is -2.12. The van der Waals surface area contributed by atoms with Crippen molar-refractivity contribution in [1.82, 2.24) is 9.97 Å². The molecular weight excluding hydrogens is 374 g/mol. The highest BCUT2D eigenvalue weighted by molar-refractivity contribution is 7.97. The Morgan fingerprint density at radius 2 is 2.04 bits per heavy atom. The largest absolute Gasteiger partial charge is 0.309 e. The molecule has 3 aromatic rings. The molecule has 0 fully saturated rings. The number of thioether (sulfide) groups is 1. The number of nitriles is 1. The van der Waals surface area contributed by atoms with E-state index in [1.807, 2.05) is 24.3 Å². The number of aromatic amines is 1. The Bertz CT molecular complexity index is 1030. The zero-order valence-electron chi connectivity index (χ0n) is 15.8. The van der Waals surface area contributed by atoms with Crippen LogP contribution in [-0.2, 0) is 17.9 Å². The molecule has 2 aromatic heterocycles. The number of aromatic nitrogens is 2. The minimum atomic E-state index is -0.0170. The van der Waals surface area contributed by atoms with Gasteiger partial charge in [-0.1, -0.05) is 32.4 Å². The van der Waals surface area contributed by atoms with Crippen molar-refractivity contribution in [3.05, 3.63) is 62.0 Å². The van der Waals surface area contributed by atoms with E-state index in [4.69, 9.17) is 10.2 Å². The van der Waals surface area contributed by atoms with Crippen LogP contribution < -0.4 is 5.56 Å². The van der Waals surface area contributed by atoms with Crippen molar-refractivity contribution in [2.45, 2.75) is 45.1 Å². The van der Waals surface area contributed by atoms with Gasteiger partial charge in [0.2, 0.25) is 0 Å². The van der Waals surface area contributed by atoms with E-state index in [0.717, 1.165) is 45.8 Å². The Morgan fingerprint density at radius 1 is 1.30 bits per heavy atom. The number of fused-ring (bicyclic) bond motifs is 1. The molecule has 0 aliphatic heterocycles. The minimum Gasteiger partial charge on any atom is -0.309 e. The highest BCUT2D eigenvalue weighted by atomic mass is 32.2. The number of benzene rings is 1. The van der Waals surface area contributed by atoms with Crippen LogP contribution in [0.1, 0.15) is 47.7 Å². The Kier molecular flexibility index (Phi) is 6.35. The average Bonchev–Trinajstić information content (AvgIpc) is 2.97. The van der Waals surface area contributed by atoms with E-state index in [1.165, 1.54) is 4.88 Å². The predicted molar refractivity (Wildman–Crippen MR) is 114 cm³/mol. The molecule has 27 heavy (non-hydrogen) atoms. The van der Waals surface area contributed by atoms with Crippen molar-refractivity contribution in [3.8, 4) is 6.07 Å². The van der Waals surface area contributed by atoms with Gasteiger partial charge < -0.3 is 4.98 Å². The Hall–Kier alpha value is -2.10. The number of thiophene rings is 1. The molecule has 6 heteroatoms. The van der Waals surface area contributed by atoms with E-state index in [1.54, 1.807) is 23.1 Å². The fraction of sp³-hybridized carbons (Fsp3) is 0.381. The first-order valence-electron chi connectivity index (χ1n) is 9.09. The third-order valence-corrected chi connectivity index (χ3v) is 6.81. The maximum absolute atomic E-state index is 12.7. The van der Waals surface area contributed by atoms with E-state index >= 15 is 0 Å². The molecule has 4 nitrogen and oxygen atoms in total. The van der Waals surface area contributed by atoms with Gasteiger partial charge in [0.15, 0.2) is 0 Å². The summed E-state index contributed by atoms with van der Waals surface area (Å²) in [5.74, 6) is 2.75. The number of rotatable bonds is 7. The van der Waals surface area contributed by atoms with Gasteiger partial charge in [0.05, 0.1) is 22.8 Å². The molecule has 2 heterocycles. The normalized spacial score (nSPS) is 12.2. The van der Waals surface area contributed by atoms with Gasteiger partial charge in [-0.3, -0.25) is 4.79 Å². The monoisotopic (exact) mass is 397 g/mol. The highest BCUT2D eigenvalue weighted by Crippen LogP contribution is 2.30. The molecule has 1 atom stereocenters. The van der Waals surface area contributed by atoms with Crippen LogP contribution in [0.2, 0.25) is 0 Å². The van der Waals surface area contributed by atoms with Crippen LogP contribution in [0.3, 0.4) is 0 Å². The molecule has 3 rings (SSSR count). The number of hydrogen-bond acceptors (Lipinski definition) is 5. The van der Waals surface area contributed by atoms with Gasteiger partial charge in [0, 0.05) is 10.6 Å². The van der Waals surface area contributed by atoms with Crippen molar-refractivity contribution < 1.29 is 0 Å². The standard InChI is InChI=1S/C21H23N3OS2/c1-4-13(2)9-17-14(3)27-21-19(17)20(25)23-18(24-21)12-26-11-16-7-5-15(10-22)6-8-16/h5-8,13H,4,9,11-12H2,1-3H3,(H,23,24,25)/t13-/m0/s1. The summed E-state index contributed by atoms with van der Waals surface area (Å²) < 4.78 is 0. The van der Waals surface area contributed by atoms with Crippen molar-refractivity contribution in [2.75, 3.05) is 0 Å². The summed E-state index contributed by atoms with van der Waals surface area (Å²) >= 11 is 3.33. The lowest BCUT2D eigenvalue weighted by atomic mass is 9.98. The van der Waals surface area contributed by atoms with E-state index in [9.17, 15) is 4.79 Å². The number of nitrogens with zero attached hydrogens (tertiary/aromatic N) is 2. The summed E-state index contributed by atoms with van der Waals surface area (Å²) in [7, 11) is 0. The molecule has 0 saturated heterocycles. The van der Waals surface area contributed by atoms with Gasteiger partial charge in [-0.15, -0.1) is 23.1 Å². The second-order valence-electron chi connectivity index (χ2n) is 6.85. The van der Waals surface area contributed by atoms with Crippen LogP contribution in [0.4, 0.5) is 0 Å². The first kappa shape index (κ1) is 19.7. The average molecular weight is 398 g/mol.